The molecule has 1 atom stereocenters. The molecule has 1 aromatic carbocycles. The van der Waals surface area contributed by atoms with E-state index in [2.05, 4.69) is 10.6 Å². The van der Waals surface area contributed by atoms with Crippen molar-refractivity contribution in [2.75, 3.05) is 19.6 Å². The van der Waals surface area contributed by atoms with Crippen LogP contribution >= 0.6 is 12.4 Å². The second kappa shape index (κ2) is 7.48. The first-order chi connectivity index (χ1) is 9.83. The molecule has 114 valence electrons. The maximum atomic E-state index is 12.0. The number of hydrogen-bond acceptors (Lipinski definition) is 3. The lowest BCUT2D eigenvalue weighted by molar-refractivity contribution is 0.0925. The number of para-hydroxylation sites is 1. The number of benzene rings is 1. The first kappa shape index (κ1) is 15.9. The normalized spacial score (nSPS) is 18.2. The van der Waals surface area contributed by atoms with Crippen LogP contribution in [0.4, 0.5) is 0 Å². The van der Waals surface area contributed by atoms with Gasteiger partial charge in [0.25, 0.3) is 5.91 Å². The predicted octanol–water partition coefficient (Wildman–Crippen LogP) is 2.97. The summed E-state index contributed by atoms with van der Waals surface area (Å²) in [5.74, 6) is 0.956. The average Bonchev–Trinajstić information content (AvgIpc) is 2.92. The maximum absolute atomic E-state index is 12.0. The molecule has 3 rings (SSSR count). The van der Waals surface area contributed by atoms with Crippen LogP contribution in [-0.2, 0) is 0 Å². The van der Waals surface area contributed by atoms with E-state index in [1.807, 2.05) is 24.3 Å². The Labute approximate surface area is 130 Å². The molecule has 0 radical (unpaired) electrons. The van der Waals surface area contributed by atoms with E-state index < -0.39 is 0 Å². The molecule has 5 heteroatoms. The molecule has 0 bridgehead atoms. The van der Waals surface area contributed by atoms with Crippen LogP contribution in [0, 0.1) is 5.92 Å². The van der Waals surface area contributed by atoms with E-state index in [0.717, 1.165) is 30.5 Å². The summed E-state index contributed by atoms with van der Waals surface area (Å²) in [6.45, 7) is 2.91. The molecule has 2 N–H and O–H groups in total. The Morgan fingerprint density at radius 1 is 1.38 bits per heavy atom. The summed E-state index contributed by atoms with van der Waals surface area (Å²) < 4.78 is 5.55. The number of carbonyl (C=O) groups is 1. The van der Waals surface area contributed by atoms with E-state index in [1.54, 1.807) is 6.07 Å². The predicted molar refractivity (Wildman–Crippen MR) is 86.0 cm³/mol. The third-order valence-electron chi connectivity index (χ3n) is 3.89. The smallest absolute Gasteiger partial charge is 0.287 e. The third-order valence-corrected chi connectivity index (χ3v) is 3.89. The Bertz CT molecular complexity index is 558. The molecule has 0 aliphatic carbocycles. The zero-order valence-electron chi connectivity index (χ0n) is 11.9. The van der Waals surface area contributed by atoms with Crippen molar-refractivity contribution in [3.05, 3.63) is 36.1 Å². The minimum atomic E-state index is -0.120. The van der Waals surface area contributed by atoms with Gasteiger partial charge in [-0.1, -0.05) is 18.2 Å². The SMILES string of the molecule is Cl.O=C(NCCC1CCCNC1)c1cc2ccccc2o1. The van der Waals surface area contributed by atoms with Gasteiger partial charge in [-0.25, -0.2) is 0 Å². The van der Waals surface area contributed by atoms with Crippen LogP contribution in [0.1, 0.15) is 29.8 Å². The first-order valence-electron chi connectivity index (χ1n) is 7.30. The number of carbonyl (C=O) groups excluding carboxylic acids is 1. The van der Waals surface area contributed by atoms with Crippen molar-refractivity contribution < 1.29 is 9.21 Å². The van der Waals surface area contributed by atoms with E-state index >= 15 is 0 Å². The van der Waals surface area contributed by atoms with Crippen LogP contribution in [0.15, 0.2) is 34.7 Å². The van der Waals surface area contributed by atoms with E-state index in [4.69, 9.17) is 4.42 Å². The monoisotopic (exact) mass is 308 g/mol. The molecule has 1 unspecified atom stereocenters. The largest absolute Gasteiger partial charge is 0.451 e. The summed E-state index contributed by atoms with van der Waals surface area (Å²) in [6, 6.07) is 9.47. The van der Waals surface area contributed by atoms with Gasteiger partial charge in [-0.05, 0) is 50.4 Å². The van der Waals surface area contributed by atoms with Gasteiger partial charge < -0.3 is 15.1 Å². The lowest BCUT2D eigenvalue weighted by atomic mass is 9.96. The van der Waals surface area contributed by atoms with Crippen LogP contribution in [-0.4, -0.2) is 25.5 Å². The summed E-state index contributed by atoms with van der Waals surface area (Å²) >= 11 is 0. The number of hydrogen-bond donors (Lipinski definition) is 2. The summed E-state index contributed by atoms with van der Waals surface area (Å²) in [6.07, 6.45) is 3.52. The standard InChI is InChI=1S/C16H20N2O2.ClH/c19-16(18-9-7-12-4-3-8-17-11-12)15-10-13-5-1-2-6-14(13)20-15;/h1-2,5-6,10,12,17H,3-4,7-9,11H2,(H,18,19);1H. The van der Waals surface area contributed by atoms with E-state index in [1.165, 1.54) is 12.8 Å². The Morgan fingerprint density at radius 2 is 2.24 bits per heavy atom. The van der Waals surface area contributed by atoms with Gasteiger partial charge in [0.05, 0.1) is 0 Å². The molecular formula is C16H21ClN2O2. The third kappa shape index (κ3) is 3.99. The van der Waals surface area contributed by atoms with E-state index in [0.29, 0.717) is 18.2 Å². The van der Waals surface area contributed by atoms with E-state index in [9.17, 15) is 4.79 Å². The molecule has 1 saturated heterocycles. The number of fused-ring (bicyclic) bond motifs is 1. The van der Waals surface area contributed by atoms with E-state index in [-0.39, 0.29) is 18.3 Å². The van der Waals surface area contributed by atoms with Crippen LogP contribution in [0.2, 0.25) is 0 Å². The molecular weight excluding hydrogens is 288 g/mol. The molecule has 2 heterocycles. The molecule has 0 saturated carbocycles. The minimum Gasteiger partial charge on any atom is -0.451 e. The number of amides is 1. The van der Waals surface area contributed by atoms with Crippen molar-refractivity contribution in [1.82, 2.24) is 10.6 Å². The molecule has 1 aliphatic heterocycles. The number of nitrogens with one attached hydrogen (secondary N) is 2. The van der Waals surface area contributed by atoms with Crippen LogP contribution < -0.4 is 10.6 Å². The van der Waals surface area contributed by atoms with Crippen molar-refractivity contribution in [2.45, 2.75) is 19.3 Å². The summed E-state index contributed by atoms with van der Waals surface area (Å²) in [7, 11) is 0. The number of halogens is 1. The number of furan rings is 1. The second-order valence-electron chi connectivity index (χ2n) is 5.41. The van der Waals surface area contributed by atoms with Crippen molar-refractivity contribution in [2.24, 2.45) is 5.92 Å². The Balaban J connectivity index is 0.00000161. The van der Waals surface area contributed by atoms with Gasteiger partial charge in [-0.2, -0.15) is 0 Å². The fourth-order valence-corrected chi connectivity index (χ4v) is 2.74. The Kier molecular flexibility index (Phi) is 5.65. The van der Waals surface area contributed by atoms with Gasteiger partial charge in [0, 0.05) is 11.9 Å². The molecule has 1 amide bonds. The van der Waals surface area contributed by atoms with Crippen molar-refractivity contribution in [1.29, 1.82) is 0 Å². The fraction of sp³-hybridized carbons (Fsp3) is 0.438. The van der Waals surface area contributed by atoms with Crippen molar-refractivity contribution >= 4 is 29.3 Å². The van der Waals surface area contributed by atoms with Crippen LogP contribution in [0.25, 0.3) is 11.0 Å². The van der Waals surface area contributed by atoms with Crippen LogP contribution in [0.5, 0.6) is 0 Å². The lowest BCUT2D eigenvalue weighted by Gasteiger charge is -2.22. The highest BCUT2D eigenvalue weighted by atomic mass is 35.5. The van der Waals surface area contributed by atoms with Crippen LogP contribution in [0.3, 0.4) is 0 Å². The molecule has 0 spiro atoms. The first-order valence-corrected chi connectivity index (χ1v) is 7.30. The topological polar surface area (TPSA) is 54.3 Å². The van der Waals surface area contributed by atoms with Gasteiger partial charge in [-0.3, -0.25) is 4.79 Å². The highest BCUT2D eigenvalue weighted by Crippen LogP contribution is 2.18. The van der Waals surface area contributed by atoms with Crippen molar-refractivity contribution in [3.63, 3.8) is 0 Å². The lowest BCUT2D eigenvalue weighted by Crippen LogP contribution is -2.33. The second-order valence-corrected chi connectivity index (χ2v) is 5.41. The highest BCUT2D eigenvalue weighted by molar-refractivity contribution is 5.96. The molecule has 2 aromatic rings. The molecule has 4 nitrogen and oxygen atoms in total. The molecule has 1 fully saturated rings. The van der Waals surface area contributed by atoms with Gasteiger partial charge in [0.15, 0.2) is 5.76 Å². The van der Waals surface area contributed by atoms with Crippen molar-refractivity contribution in [3.8, 4) is 0 Å². The summed E-state index contributed by atoms with van der Waals surface area (Å²) in [5.41, 5.74) is 0.758. The average molecular weight is 309 g/mol. The van der Waals surface area contributed by atoms with Gasteiger partial charge in [0.2, 0.25) is 0 Å². The quantitative estimate of drug-likeness (QED) is 0.913. The Morgan fingerprint density at radius 3 is 3.00 bits per heavy atom. The highest BCUT2D eigenvalue weighted by Gasteiger charge is 2.15. The number of rotatable bonds is 4. The Hall–Kier alpha value is -1.52. The van der Waals surface area contributed by atoms with Gasteiger partial charge >= 0.3 is 0 Å². The molecule has 1 aromatic heterocycles. The summed E-state index contributed by atoms with van der Waals surface area (Å²) in [4.78, 5) is 12.0. The zero-order valence-corrected chi connectivity index (χ0v) is 12.7. The number of piperidine rings is 1. The van der Waals surface area contributed by atoms with Gasteiger partial charge in [-0.15, -0.1) is 12.4 Å². The molecule has 1 aliphatic rings. The minimum absolute atomic E-state index is 0. The molecule has 21 heavy (non-hydrogen) atoms. The maximum Gasteiger partial charge on any atom is 0.287 e. The van der Waals surface area contributed by atoms with Gasteiger partial charge in [0.1, 0.15) is 5.58 Å². The summed E-state index contributed by atoms with van der Waals surface area (Å²) in [5, 5.41) is 7.30. The fourth-order valence-electron chi connectivity index (χ4n) is 2.74. The zero-order chi connectivity index (χ0) is 13.8.